The van der Waals surface area contributed by atoms with Gasteiger partial charge in [0.1, 0.15) is 5.75 Å². The summed E-state index contributed by atoms with van der Waals surface area (Å²) in [4.78, 5) is 12.2. The highest BCUT2D eigenvalue weighted by Crippen LogP contribution is 2.26. The standard InChI is InChI=1S/C19H17N3O2S2/c1-24-16-11-9-15(10-12-16)17(23)20-18-21-22-19(26-18)25-13-5-8-14-6-3-2-4-7-14/h2-12H,13H2,1H3,(H,20,21,23). The number of carbonyl (C=O) groups excluding carboxylic acids is 1. The van der Waals surface area contributed by atoms with Crippen LogP contribution in [0, 0.1) is 0 Å². The molecule has 132 valence electrons. The predicted octanol–water partition coefficient (Wildman–Crippen LogP) is 4.60. The van der Waals surface area contributed by atoms with E-state index in [0.29, 0.717) is 16.4 Å². The monoisotopic (exact) mass is 383 g/mol. The predicted molar refractivity (Wildman–Crippen MR) is 107 cm³/mol. The first kappa shape index (κ1) is 18.2. The zero-order valence-corrected chi connectivity index (χ0v) is 15.7. The van der Waals surface area contributed by atoms with Crippen LogP contribution >= 0.6 is 23.1 Å². The zero-order valence-electron chi connectivity index (χ0n) is 14.1. The third-order valence-electron chi connectivity index (χ3n) is 3.39. The molecule has 3 rings (SSSR count). The highest BCUT2D eigenvalue weighted by molar-refractivity contribution is 8.01. The van der Waals surface area contributed by atoms with Crippen molar-refractivity contribution in [3.05, 3.63) is 71.8 Å². The van der Waals surface area contributed by atoms with Gasteiger partial charge in [-0.25, -0.2) is 0 Å². The number of nitrogens with one attached hydrogen (secondary N) is 1. The van der Waals surface area contributed by atoms with Crippen LogP contribution in [0.15, 0.2) is 65.0 Å². The number of rotatable bonds is 7. The van der Waals surface area contributed by atoms with Crippen LogP contribution in [0.3, 0.4) is 0 Å². The summed E-state index contributed by atoms with van der Waals surface area (Å²) in [5.74, 6) is 1.28. The van der Waals surface area contributed by atoms with Crippen molar-refractivity contribution in [3.63, 3.8) is 0 Å². The van der Waals surface area contributed by atoms with Gasteiger partial charge in [0.2, 0.25) is 5.13 Å². The molecule has 0 saturated heterocycles. The fraction of sp³-hybridized carbons (Fsp3) is 0.105. The van der Waals surface area contributed by atoms with Crippen molar-refractivity contribution in [1.82, 2.24) is 10.2 Å². The van der Waals surface area contributed by atoms with Crippen LogP contribution in [0.25, 0.3) is 6.08 Å². The molecule has 1 N–H and O–H groups in total. The Labute approximate surface area is 160 Å². The van der Waals surface area contributed by atoms with E-state index in [1.165, 1.54) is 11.3 Å². The molecule has 0 aliphatic carbocycles. The van der Waals surface area contributed by atoms with Crippen LogP contribution in [-0.4, -0.2) is 29.0 Å². The van der Waals surface area contributed by atoms with E-state index in [2.05, 4.69) is 39.8 Å². The van der Waals surface area contributed by atoms with Gasteiger partial charge in [0.25, 0.3) is 5.91 Å². The van der Waals surface area contributed by atoms with Gasteiger partial charge in [-0.05, 0) is 29.8 Å². The Morgan fingerprint density at radius 1 is 1.15 bits per heavy atom. The zero-order chi connectivity index (χ0) is 18.2. The Morgan fingerprint density at radius 3 is 2.65 bits per heavy atom. The van der Waals surface area contributed by atoms with E-state index in [-0.39, 0.29) is 5.91 Å². The van der Waals surface area contributed by atoms with E-state index >= 15 is 0 Å². The first-order valence-corrected chi connectivity index (χ1v) is 9.68. The van der Waals surface area contributed by atoms with Gasteiger partial charge in [0, 0.05) is 11.3 Å². The fourth-order valence-corrected chi connectivity index (χ4v) is 3.68. The topological polar surface area (TPSA) is 64.1 Å². The van der Waals surface area contributed by atoms with E-state index in [1.807, 2.05) is 18.2 Å². The molecule has 0 radical (unpaired) electrons. The minimum atomic E-state index is -0.218. The second-order valence-corrected chi connectivity index (χ2v) is 7.42. The summed E-state index contributed by atoms with van der Waals surface area (Å²) in [6, 6.07) is 17.0. The van der Waals surface area contributed by atoms with Crippen LogP contribution in [0.1, 0.15) is 15.9 Å². The lowest BCUT2D eigenvalue weighted by atomic mass is 10.2. The Kier molecular flexibility index (Phi) is 6.40. The van der Waals surface area contributed by atoms with Crippen molar-refractivity contribution in [2.45, 2.75) is 4.34 Å². The SMILES string of the molecule is COc1ccc(C(=O)Nc2nnc(SCC=Cc3ccccc3)s2)cc1. The number of carbonyl (C=O) groups is 1. The molecule has 0 aliphatic heterocycles. The van der Waals surface area contributed by atoms with Gasteiger partial charge in [-0.3, -0.25) is 10.1 Å². The van der Waals surface area contributed by atoms with Gasteiger partial charge in [0.15, 0.2) is 4.34 Å². The second kappa shape index (κ2) is 9.17. The number of anilines is 1. The van der Waals surface area contributed by atoms with Crippen molar-refractivity contribution in [1.29, 1.82) is 0 Å². The van der Waals surface area contributed by atoms with Gasteiger partial charge in [0.05, 0.1) is 7.11 Å². The molecule has 0 spiro atoms. The maximum atomic E-state index is 12.2. The molecular formula is C19H17N3O2S2. The molecule has 1 heterocycles. The minimum absolute atomic E-state index is 0.218. The molecule has 0 fully saturated rings. The summed E-state index contributed by atoms with van der Waals surface area (Å²) in [6.07, 6.45) is 4.15. The summed E-state index contributed by atoms with van der Waals surface area (Å²) in [7, 11) is 1.59. The number of ether oxygens (including phenoxy) is 1. The number of hydrogen-bond acceptors (Lipinski definition) is 6. The van der Waals surface area contributed by atoms with Gasteiger partial charge < -0.3 is 4.74 Å². The number of amides is 1. The molecule has 5 nitrogen and oxygen atoms in total. The maximum absolute atomic E-state index is 12.2. The number of thioether (sulfide) groups is 1. The lowest BCUT2D eigenvalue weighted by Crippen LogP contribution is -2.11. The lowest BCUT2D eigenvalue weighted by Gasteiger charge is -2.02. The summed E-state index contributed by atoms with van der Waals surface area (Å²) >= 11 is 2.94. The Morgan fingerprint density at radius 2 is 1.92 bits per heavy atom. The average molecular weight is 383 g/mol. The molecule has 3 aromatic rings. The van der Waals surface area contributed by atoms with Gasteiger partial charge >= 0.3 is 0 Å². The summed E-state index contributed by atoms with van der Waals surface area (Å²) in [5, 5.41) is 11.4. The van der Waals surface area contributed by atoms with E-state index in [9.17, 15) is 4.79 Å². The van der Waals surface area contributed by atoms with Crippen molar-refractivity contribution in [2.75, 3.05) is 18.2 Å². The van der Waals surface area contributed by atoms with Crippen LogP contribution < -0.4 is 10.1 Å². The highest BCUT2D eigenvalue weighted by Gasteiger charge is 2.10. The third-order valence-corrected chi connectivity index (χ3v) is 5.32. The first-order chi connectivity index (χ1) is 12.7. The lowest BCUT2D eigenvalue weighted by molar-refractivity contribution is 0.102. The van der Waals surface area contributed by atoms with Gasteiger partial charge in [-0.2, -0.15) is 0 Å². The number of benzene rings is 2. The molecule has 0 atom stereocenters. The van der Waals surface area contributed by atoms with Crippen molar-refractivity contribution >= 4 is 40.2 Å². The van der Waals surface area contributed by atoms with Gasteiger partial charge in [-0.15, -0.1) is 10.2 Å². The Bertz CT molecular complexity index is 877. The summed E-state index contributed by atoms with van der Waals surface area (Å²) < 4.78 is 5.90. The minimum Gasteiger partial charge on any atom is -0.497 e. The molecule has 0 bridgehead atoms. The molecule has 1 aromatic heterocycles. The molecule has 2 aromatic carbocycles. The van der Waals surface area contributed by atoms with E-state index in [0.717, 1.165) is 15.7 Å². The van der Waals surface area contributed by atoms with Gasteiger partial charge in [-0.1, -0.05) is 65.6 Å². The molecule has 1 amide bonds. The quantitative estimate of drug-likeness (QED) is 0.477. The number of aromatic nitrogens is 2. The third kappa shape index (κ3) is 5.18. The number of hydrogen-bond donors (Lipinski definition) is 1. The maximum Gasteiger partial charge on any atom is 0.257 e. The van der Waals surface area contributed by atoms with Crippen LogP contribution in [0.5, 0.6) is 5.75 Å². The van der Waals surface area contributed by atoms with E-state index < -0.39 is 0 Å². The van der Waals surface area contributed by atoms with Crippen molar-refractivity contribution in [3.8, 4) is 5.75 Å². The number of nitrogens with zero attached hydrogens (tertiary/aromatic N) is 2. The molecule has 7 heteroatoms. The summed E-state index contributed by atoms with van der Waals surface area (Å²) in [5.41, 5.74) is 1.71. The van der Waals surface area contributed by atoms with Crippen LogP contribution in [0.4, 0.5) is 5.13 Å². The Balaban J connectivity index is 1.51. The van der Waals surface area contributed by atoms with Crippen molar-refractivity contribution < 1.29 is 9.53 Å². The second-order valence-electron chi connectivity index (χ2n) is 5.18. The molecule has 0 saturated carbocycles. The number of methoxy groups -OCH3 is 1. The Hall–Kier alpha value is -2.64. The van der Waals surface area contributed by atoms with E-state index in [1.54, 1.807) is 43.1 Å². The first-order valence-electron chi connectivity index (χ1n) is 7.88. The van der Waals surface area contributed by atoms with Crippen LogP contribution in [0.2, 0.25) is 0 Å². The molecular weight excluding hydrogens is 366 g/mol. The largest absolute Gasteiger partial charge is 0.497 e. The fourth-order valence-electron chi connectivity index (χ4n) is 2.10. The van der Waals surface area contributed by atoms with Crippen molar-refractivity contribution in [2.24, 2.45) is 0 Å². The molecule has 0 aliphatic rings. The smallest absolute Gasteiger partial charge is 0.257 e. The van der Waals surface area contributed by atoms with Crippen LogP contribution in [-0.2, 0) is 0 Å². The average Bonchev–Trinajstić information content (AvgIpc) is 3.13. The summed E-state index contributed by atoms with van der Waals surface area (Å²) in [6.45, 7) is 0. The molecule has 26 heavy (non-hydrogen) atoms. The highest BCUT2D eigenvalue weighted by atomic mass is 32.2. The normalized spacial score (nSPS) is 10.8. The van der Waals surface area contributed by atoms with E-state index in [4.69, 9.17) is 4.74 Å². The molecule has 0 unspecified atom stereocenters.